The molecule has 0 saturated heterocycles. The first-order chi connectivity index (χ1) is 12.0. The number of hydrogen-bond donors (Lipinski definition) is 1. The molecular formula is C21H27NO2S. The van der Waals surface area contributed by atoms with Crippen molar-refractivity contribution in [1.82, 2.24) is 4.90 Å². The number of benzene rings is 2. The standard InChI is InChI=1S/C21H27NO2S/c1-4-21(22(2)3,16-17-8-6-5-7-9-17)20(24)18-10-12-19(13-11-18)25-15-14-23/h5-13,23H,4,14-16H2,1-3H3. The predicted molar refractivity (Wildman–Crippen MR) is 105 cm³/mol. The minimum absolute atomic E-state index is 0.155. The van der Waals surface area contributed by atoms with Crippen LogP contribution in [0.3, 0.4) is 0 Å². The molecular weight excluding hydrogens is 330 g/mol. The average Bonchev–Trinajstić information content (AvgIpc) is 2.65. The molecule has 25 heavy (non-hydrogen) atoms. The van der Waals surface area contributed by atoms with Gasteiger partial charge in [0.1, 0.15) is 0 Å². The van der Waals surface area contributed by atoms with Crippen LogP contribution >= 0.6 is 11.8 Å². The lowest BCUT2D eigenvalue weighted by Gasteiger charge is -2.38. The van der Waals surface area contributed by atoms with Crippen molar-refractivity contribution < 1.29 is 9.90 Å². The minimum atomic E-state index is -0.554. The number of carbonyl (C=O) groups excluding carboxylic acids is 1. The molecule has 134 valence electrons. The van der Waals surface area contributed by atoms with Crippen LogP contribution in [0.15, 0.2) is 59.5 Å². The Bertz CT molecular complexity index is 670. The fourth-order valence-electron chi connectivity index (χ4n) is 3.11. The van der Waals surface area contributed by atoms with Gasteiger partial charge in [-0.25, -0.2) is 0 Å². The van der Waals surface area contributed by atoms with Gasteiger partial charge in [-0.2, -0.15) is 0 Å². The Labute approximate surface area is 155 Å². The lowest BCUT2D eigenvalue weighted by molar-refractivity contribution is 0.0666. The first kappa shape index (κ1) is 19.7. The maximum atomic E-state index is 13.4. The van der Waals surface area contributed by atoms with Crippen LogP contribution in [0.1, 0.15) is 29.3 Å². The first-order valence-corrected chi connectivity index (χ1v) is 9.62. The van der Waals surface area contributed by atoms with Crippen molar-refractivity contribution in [3.63, 3.8) is 0 Å². The van der Waals surface area contributed by atoms with E-state index in [1.807, 2.05) is 56.6 Å². The predicted octanol–water partition coefficient (Wildman–Crippen LogP) is 3.91. The van der Waals surface area contributed by atoms with Crippen LogP contribution in [0.2, 0.25) is 0 Å². The Morgan fingerprint density at radius 2 is 1.72 bits per heavy atom. The van der Waals surface area contributed by atoms with Gasteiger partial charge in [0.2, 0.25) is 0 Å². The number of aliphatic hydroxyl groups excluding tert-OH is 1. The molecule has 0 bridgehead atoms. The van der Waals surface area contributed by atoms with E-state index in [9.17, 15) is 4.79 Å². The average molecular weight is 358 g/mol. The molecule has 1 unspecified atom stereocenters. The molecule has 0 saturated carbocycles. The second kappa shape index (κ2) is 9.18. The van der Waals surface area contributed by atoms with E-state index in [2.05, 4.69) is 24.0 Å². The Morgan fingerprint density at radius 1 is 1.08 bits per heavy atom. The molecule has 2 aromatic rings. The third-order valence-electron chi connectivity index (χ3n) is 4.68. The van der Waals surface area contributed by atoms with Crippen molar-refractivity contribution in [3.8, 4) is 0 Å². The van der Waals surface area contributed by atoms with Gasteiger partial charge in [0.25, 0.3) is 0 Å². The number of hydrogen-bond acceptors (Lipinski definition) is 4. The van der Waals surface area contributed by atoms with E-state index in [4.69, 9.17) is 5.11 Å². The van der Waals surface area contributed by atoms with Crippen molar-refractivity contribution in [1.29, 1.82) is 0 Å². The Balaban J connectivity index is 2.29. The SMILES string of the molecule is CCC(Cc1ccccc1)(C(=O)c1ccc(SCCO)cc1)N(C)C. The van der Waals surface area contributed by atoms with Gasteiger partial charge < -0.3 is 5.11 Å². The van der Waals surface area contributed by atoms with Crippen LogP contribution in [0.25, 0.3) is 0 Å². The summed E-state index contributed by atoms with van der Waals surface area (Å²) in [7, 11) is 3.96. The largest absolute Gasteiger partial charge is 0.396 e. The van der Waals surface area contributed by atoms with Crippen molar-refractivity contribution in [2.45, 2.75) is 30.2 Å². The highest BCUT2D eigenvalue weighted by atomic mass is 32.2. The second-order valence-electron chi connectivity index (χ2n) is 6.37. The Kier molecular flexibility index (Phi) is 7.24. The fraction of sp³-hybridized carbons (Fsp3) is 0.381. The molecule has 0 spiro atoms. The second-order valence-corrected chi connectivity index (χ2v) is 7.54. The fourth-order valence-corrected chi connectivity index (χ4v) is 3.77. The summed E-state index contributed by atoms with van der Waals surface area (Å²) in [5.74, 6) is 0.820. The first-order valence-electron chi connectivity index (χ1n) is 8.63. The van der Waals surface area contributed by atoms with Gasteiger partial charge in [-0.15, -0.1) is 11.8 Å². The highest BCUT2D eigenvalue weighted by molar-refractivity contribution is 7.99. The molecule has 0 aromatic heterocycles. The van der Waals surface area contributed by atoms with E-state index < -0.39 is 5.54 Å². The maximum absolute atomic E-state index is 13.4. The lowest BCUT2D eigenvalue weighted by atomic mass is 9.80. The van der Waals surface area contributed by atoms with Crippen LogP contribution in [0, 0.1) is 0 Å². The van der Waals surface area contributed by atoms with Gasteiger partial charge in [0.15, 0.2) is 5.78 Å². The third kappa shape index (κ3) is 4.72. The summed E-state index contributed by atoms with van der Waals surface area (Å²) in [6, 6.07) is 17.9. The van der Waals surface area contributed by atoms with Crippen LogP contribution in [0.5, 0.6) is 0 Å². The summed E-state index contributed by atoms with van der Waals surface area (Å²) < 4.78 is 0. The number of aliphatic hydroxyl groups is 1. The normalized spacial score (nSPS) is 13.6. The van der Waals surface area contributed by atoms with Gasteiger partial charge in [0.05, 0.1) is 12.1 Å². The van der Waals surface area contributed by atoms with Gasteiger partial charge in [-0.05, 0) is 44.6 Å². The Hall–Kier alpha value is -1.62. The zero-order chi connectivity index (χ0) is 18.3. The third-order valence-corrected chi connectivity index (χ3v) is 5.67. The van der Waals surface area contributed by atoms with Crippen molar-refractivity contribution in [3.05, 3.63) is 65.7 Å². The molecule has 0 aliphatic rings. The van der Waals surface area contributed by atoms with Crippen molar-refractivity contribution >= 4 is 17.5 Å². The zero-order valence-corrected chi connectivity index (χ0v) is 16.1. The summed E-state index contributed by atoms with van der Waals surface area (Å²) >= 11 is 1.59. The molecule has 1 N–H and O–H groups in total. The molecule has 1 atom stereocenters. The molecule has 0 radical (unpaired) electrons. The molecule has 4 heteroatoms. The molecule has 2 aromatic carbocycles. The molecule has 0 aliphatic carbocycles. The molecule has 3 nitrogen and oxygen atoms in total. The van der Waals surface area contributed by atoms with Crippen LogP contribution in [-0.4, -0.2) is 47.8 Å². The molecule has 0 heterocycles. The summed E-state index contributed by atoms with van der Waals surface area (Å²) in [5, 5.41) is 8.93. The summed E-state index contributed by atoms with van der Waals surface area (Å²) in [6.07, 6.45) is 1.44. The Morgan fingerprint density at radius 3 is 2.24 bits per heavy atom. The van der Waals surface area contributed by atoms with Crippen molar-refractivity contribution in [2.75, 3.05) is 26.5 Å². The van der Waals surface area contributed by atoms with Gasteiger partial charge in [-0.3, -0.25) is 9.69 Å². The van der Waals surface area contributed by atoms with E-state index in [0.717, 1.165) is 16.9 Å². The highest BCUT2D eigenvalue weighted by Crippen LogP contribution is 2.28. The van der Waals surface area contributed by atoms with Gasteiger partial charge >= 0.3 is 0 Å². The van der Waals surface area contributed by atoms with Crippen LogP contribution < -0.4 is 0 Å². The quantitative estimate of drug-likeness (QED) is 0.546. The summed E-state index contributed by atoms with van der Waals surface area (Å²) in [5.41, 5.74) is 1.35. The topological polar surface area (TPSA) is 40.5 Å². The van der Waals surface area contributed by atoms with E-state index >= 15 is 0 Å². The zero-order valence-electron chi connectivity index (χ0n) is 15.2. The van der Waals surface area contributed by atoms with Crippen molar-refractivity contribution in [2.24, 2.45) is 0 Å². The van der Waals surface area contributed by atoms with Gasteiger partial charge in [0, 0.05) is 16.2 Å². The molecule has 2 rings (SSSR count). The van der Waals surface area contributed by atoms with E-state index in [1.165, 1.54) is 5.56 Å². The molecule has 0 amide bonds. The van der Waals surface area contributed by atoms with E-state index in [1.54, 1.807) is 11.8 Å². The van der Waals surface area contributed by atoms with E-state index in [-0.39, 0.29) is 12.4 Å². The maximum Gasteiger partial charge on any atom is 0.183 e. The van der Waals surface area contributed by atoms with Gasteiger partial charge in [-0.1, -0.05) is 49.4 Å². The summed E-state index contributed by atoms with van der Waals surface area (Å²) in [4.78, 5) is 16.5. The molecule has 0 aliphatic heterocycles. The molecule has 0 fully saturated rings. The lowest BCUT2D eigenvalue weighted by Crippen LogP contribution is -2.52. The number of Topliss-reactive ketones (excluding diaryl/α,β-unsaturated/α-hetero) is 1. The van der Waals surface area contributed by atoms with E-state index in [0.29, 0.717) is 12.2 Å². The number of likely N-dealkylation sites (N-methyl/N-ethyl adjacent to an activating group) is 1. The van der Waals surface area contributed by atoms with Crippen LogP contribution in [0.4, 0.5) is 0 Å². The monoisotopic (exact) mass is 357 g/mol. The number of carbonyl (C=O) groups is 1. The van der Waals surface area contributed by atoms with Crippen LogP contribution in [-0.2, 0) is 6.42 Å². The number of ketones is 1. The number of nitrogens with zero attached hydrogens (tertiary/aromatic N) is 1. The highest BCUT2D eigenvalue weighted by Gasteiger charge is 2.39. The number of rotatable bonds is 9. The summed E-state index contributed by atoms with van der Waals surface area (Å²) in [6.45, 7) is 2.23. The smallest absolute Gasteiger partial charge is 0.183 e. The minimum Gasteiger partial charge on any atom is -0.396 e. The number of thioether (sulfide) groups is 1.